The zero-order valence-electron chi connectivity index (χ0n) is 9.91. The zero-order valence-corrected chi connectivity index (χ0v) is 9.91. The monoisotopic (exact) mass is 239 g/mol. The van der Waals surface area contributed by atoms with Crippen molar-refractivity contribution in [2.24, 2.45) is 11.8 Å². The van der Waals surface area contributed by atoms with E-state index in [0.717, 1.165) is 6.42 Å². The van der Waals surface area contributed by atoms with Crippen molar-refractivity contribution in [3.8, 4) is 0 Å². The van der Waals surface area contributed by atoms with Crippen LogP contribution in [0.1, 0.15) is 30.6 Å². The number of aromatic amines is 1. The molecular formula is C10H17N5O2. The average molecular weight is 239 g/mol. The lowest BCUT2D eigenvalue weighted by molar-refractivity contribution is 0.0952. The minimum Gasteiger partial charge on any atom is -0.356 e. The summed E-state index contributed by atoms with van der Waals surface area (Å²) < 4.78 is 0. The molecule has 0 unspecified atom stereocenters. The standard InChI is InChI=1S/C10H17N5O2/c1-6(2)3-4-12-10-13-5-7(8(16)14-10)9(17)15-11/h5-6H,3-4,11H2,1-2H3,(H,15,17)(H2,12,13,14,16). The molecule has 1 aromatic heterocycles. The van der Waals surface area contributed by atoms with Crippen LogP contribution in [0.4, 0.5) is 5.95 Å². The summed E-state index contributed by atoms with van der Waals surface area (Å²) in [7, 11) is 0. The van der Waals surface area contributed by atoms with Crippen LogP contribution in [0.2, 0.25) is 0 Å². The largest absolute Gasteiger partial charge is 0.356 e. The number of hydrogen-bond donors (Lipinski definition) is 4. The van der Waals surface area contributed by atoms with E-state index in [1.165, 1.54) is 6.20 Å². The lowest BCUT2D eigenvalue weighted by atomic mass is 10.1. The predicted octanol–water partition coefficient (Wildman–Crippen LogP) is -0.169. The first-order valence-electron chi connectivity index (χ1n) is 5.38. The number of carbonyl (C=O) groups excluding carboxylic acids is 1. The van der Waals surface area contributed by atoms with Gasteiger partial charge in [0.1, 0.15) is 5.56 Å². The highest BCUT2D eigenvalue weighted by Crippen LogP contribution is 2.00. The Morgan fingerprint density at radius 1 is 1.59 bits per heavy atom. The van der Waals surface area contributed by atoms with E-state index in [4.69, 9.17) is 5.84 Å². The molecule has 7 nitrogen and oxygen atoms in total. The maximum atomic E-state index is 11.5. The summed E-state index contributed by atoms with van der Waals surface area (Å²) in [6.45, 7) is 4.92. The molecule has 1 amide bonds. The highest BCUT2D eigenvalue weighted by molar-refractivity contribution is 5.93. The van der Waals surface area contributed by atoms with E-state index in [0.29, 0.717) is 18.4 Å². The number of nitrogens with zero attached hydrogens (tertiary/aromatic N) is 1. The van der Waals surface area contributed by atoms with Crippen LogP contribution in [0.3, 0.4) is 0 Å². The normalized spacial score (nSPS) is 10.4. The summed E-state index contributed by atoms with van der Waals surface area (Å²) in [5, 5.41) is 2.97. The summed E-state index contributed by atoms with van der Waals surface area (Å²) in [4.78, 5) is 29.0. The Balaban J connectivity index is 2.69. The van der Waals surface area contributed by atoms with Crippen LogP contribution < -0.4 is 22.1 Å². The van der Waals surface area contributed by atoms with Crippen molar-refractivity contribution in [2.75, 3.05) is 11.9 Å². The number of hydrazine groups is 1. The van der Waals surface area contributed by atoms with E-state index < -0.39 is 11.5 Å². The number of carbonyl (C=O) groups is 1. The number of nitrogens with one attached hydrogen (secondary N) is 3. The van der Waals surface area contributed by atoms with Crippen molar-refractivity contribution in [3.05, 3.63) is 22.1 Å². The lowest BCUT2D eigenvalue weighted by Crippen LogP contribution is -2.34. The maximum absolute atomic E-state index is 11.5. The van der Waals surface area contributed by atoms with Crippen LogP contribution >= 0.6 is 0 Å². The van der Waals surface area contributed by atoms with E-state index in [-0.39, 0.29) is 5.56 Å². The highest BCUT2D eigenvalue weighted by atomic mass is 16.2. The molecule has 17 heavy (non-hydrogen) atoms. The fraction of sp³-hybridized carbons (Fsp3) is 0.500. The number of hydrogen-bond acceptors (Lipinski definition) is 5. The first kappa shape index (κ1) is 13.2. The van der Waals surface area contributed by atoms with Crippen LogP contribution in [-0.4, -0.2) is 22.4 Å². The van der Waals surface area contributed by atoms with E-state index >= 15 is 0 Å². The molecule has 1 heterocycles. The Morgan fingerprint density at radius 3 is 2.82 bits per heavy atom. The first-order valence-corrected chi connectivity index (χ1v) is 5.38. The number of nitrogens with two attached hydrogens (primary N) is 1. The summed E-state index contributed by atoms with van der Waals surface area (Å²) >= 11 is 0. The van der Waals surface area contributed by atoms with E-state index in [1.807, 2.05) is 5.43 Å². The molecule has 0 saturated carbocycles. The molecular weight excluding hydrogens is 222 g/mol. The number of aromatic nitrogens is 2. The summed E-state index contributed by atoms with van der Waals surface area (Å²) in [5.74, 6) is 5.19. The fourth-order valence-corrected chi connectivity index (χ4v) is 1.20. The average Bonchev–Trinajstić information content (AvgIpc) is 2.28. The predicted molar refractivity (Wildman–Crippen MR) is 64.5 cm³/mol. The van der Waals surface area contributed by atoms with Gasteiger partial charge in [0.25, 0.3) is 11.5 Å². The fourth-order valence-electron chi connectivity index (χ4n) is 1.20. The summed E-state index contributed by atoms with van der Waals surface area (Å²) in [6.07, 6.45) is 2.16. The van der Waals surface area contributed by atoms with Crippen molar-refractivity contribution in [1.82, 2.24) is 15.4 Å². The SMILES string of the molecule is CC(C)CCNc1ncc(C(=O)NN)c(=O)[nH]1. The quantitative estimate of drug-likeness (QED) is 0.324. The minimum absolute atomic E-state index is 0.109. The molecule has 94 valence electrons. The van der Waals surface area contributed by atoms with Gasteiger partial charge in [0.2, 0.25) is 5.95 Å². The van der Waals surface area contributed by atoms with Crippen molar-refractivity contribution in [2.45, 2.75) is 20.3 Å². The summed E-state index contributed by atoms with van der Waals surface area (Å²) in [5.41, 5.74) is 1.25. The molecule has 7 heteroatoms. The molecule has 0 fully saturated rings. The van der Waals surface area contributed by atoms with Crippen molar-refractivity contribution < 1.29 is 4.79 Å². The van der Waals surface area contributed by atoms with Crippen LogP contribution in [-0.2, 0) is 0 Å². The molecule has 0 bridgehead atoms. The van der Waals surface area contributed by atoms with Gasteiger partial charge >= 0.3 is 0 Å². The Morgan fingerprint density at radius 2 is 2.29 bits per heavy atom. The van der Waals surface area contributed by atoms with Crippen LogP contribution in [0, 0.1) is 5.92 Å². The van der Waals surface area contributed by atoms with E-state index in [9.17, 15) is 9.59 Å². The Bertz CT molecular complexity index is 441. The number of nitrogen functional groups attached to an aromatic ring is 1. The van der Waals surface area contributed by atoms with Crippen molar-refractivity contribution in [3.63, 3.8) is 0 Å². The van der Waals surface area contributed by atoms with Gasteiger partial charge < -0.3 is 5.32 Å². The Kier molecular flexibility index (Phi) is 4.65. The van der Waals surface area contributed by atoms with Gasteiger partial charge in [-0.3, -0.25) is 20.0 Å². The third-order valence-electron chi connectivity index (χ3n) is 2.19. The van der Waals surface area contributed by atoms with Gasteiger partial charge in [0.05, 0.1) is 0 Å². The second-order valence-corrected chi connectivity index (χ2v) is 4.06. The molecule has 0 aromatic carbocycles. The first-order chi connectivity index (χ1) is 8.04. The topological polar surface area (TPSA) is 113 Å². The van der Waals surface area contributed by atoms with Gasteiger partial charge in [0.15, 0.2) is 0 Å². The molecule has 0 aliphatic rings. The van der Waals surface area contributed by atoms with E-state index in [1.54, 1.807) is 0 Å². The molecule has 0 aliphatic carbocycles. The molecule has 0 aliphatic heterocycles. The molecule has 0 atom stereocenters. The molecule has 5 N–H and O–H groups in total. The Labute approximate surface area is 98.8 Å². The van der Waals surface area contributed by atoms with Crippen LogP contribution in [0.25, 0.3) is 0 Å². The number of H-pyrrole nitrogens is 1. The third-order valence-corrected chi connectivity index (χ3v) is 2.19. The number of amides is 1. The van der Waals surface area contributed by atoms with Gasteiger partial charge in [-0.15, -0.1) is 0 Å². The van der Waals surface area contributed by atoms with Crippen molar-refractivity contribution >= 4 is 11.9 Å². The third kappa shape index (κ3) is 3.87. The maximum Gasteiger partial charge on any atom is 0.272 e. The smallest absolute Gasteiger partial charge is 0.272 e. The molecule has 1 aromatic rings. The molecule has 0 radical (unpaired) electrons. The number of rotatable bonds is 5. The van der Waals surface area contributed by atoms with Gasteiger partial charge in [-0.2, -0.15) is 0 Å². The zero-order chi connectivity index (χ0) is 12.8. The Hall–Kier alpha value is -1.89. The van der Waals surface area contributed by atoms with Crippen LogP contribution in [0.15, 0.2) is 11.0 Å². The van der Waals surface area contributed by atoms with Gasteiger partial charge in [-0.25, -0.2) is 10.8 Å². The van der Waals surface area contributed by atoms with Gasteiger partial charge in [-0.05, 0) is 12.3 Å². The summed E-state index contributed by atoms with van der Waals surface area (Å²) in [6, 6.07) is 0. The molecule has 0 saturated heterocycles. The lowest BCUT2D eigenvalue weighted by Gasteiger charge is -2.07. The van der Waals surface area contributed by atoms with Gasteiger partial charge in [-0.1, -0.05) is 13.8 Å². The molecule has 0 spiro atoms. The van der Waals surface area contributed by atoms with E-state index in [2.05, 4.69) is 29.1 Å². The minimum atomic E-state index is -0.660. The van der Waals surface area contributed by atoms with Gasteiger partial charge in [0, 0.05) is 12.7 Å². The molecule has 1 rings (SSSR count). The highest BCUT2D eigenvalue weighted by Gasteiger charge is 2.09. The second-order valence-electron chi connectivity index (χ2n) is 4.06. The van der Waals surface area contributed by atoms with Crippen molar-refractivity contribution in [1.29, 1.82) is 0 Å². The van der Waals surface area contributed by atoms with Crippen LogP contribution in [0.5, 0.6) is 0 Å². The second kappa shape index (κ2) is 6.00. The number of anilines is 1.